The molecule has 1 rings (SSSR count). The summed E-state index contributed by atoms with van der Waals surface area (Å²) in [6.07, 6.45) is 0.893. The van der Waals surface area contributed by atoms with Crippen molar-refractivity contribution in [2.24, 2.45) is 0 Å². The molecule has 3 nitrogen and oxygen atoms in total. The molecule has 78 valence electrons. The molecule has 1 unspecified atom stereocenters. The van der Waals surface area contributed by atoms with Crippen LogP contribution in [0.15, 0.2) is 12.1 Å². The van der Waals surface area contributed by atoms with Crippen molar-refractivity contribution in [3.05, 3.63) is 21.9 Å². The highest BCUT2D eigenvalue weighted by molar-refractivity contribution is 7.84. The Balaban J connectivity index is 2.59. The molecule has 0 amide bonds. The van der Waals surface area contributed by atoms with Crippen LogP contribution in [0.2, 0.25) is 0 Å². The summed E-state index contributed by atoms with van der Waals surface area (Å²) < 4.78 is 11.4. The fourth-order valence-electron chi connectivity index (χ4n) is 1.03. The molecule has 5 heteroatoms. The number of aromatic carboxylic acids is 1. The molecule has 1 aromatic heterocycles. The van der Waals surface area contributed by atoms with Crippen molar-refractivity contribution in [2.45, 2.75) is 19.1 Å². The largest absolute Gasteiger partial charge is 0.477 e. The van der Waals surface area contributed by atoms with E-state index < -0.39 is 16.8 Å². The fraction of sp³-hybridized carbons (Fsp3) is 0.444. The maximum Gasteiger partial charge on any atom is 0.345 e. The molecule has 0 radical (unpaired) electrons. The summed E-state index contributed by atoms with van der Waals surface area (Å²) in [5.74, 6) is 0.244. The van der Waals surface area contributed by atoms with Gasteiger partial charge in [0, 0.05) is 21.4 Å². The van der Waals surface area contributed by atoms with Crippen LogP contribution >= 0.6 is 11.3 Å². The van der Waals surface area contributed by atoms with Crippen molar-refractivity contribution in [2.75, 3.05) is 5.75 Å². The zero-order valence-electron chi connectivity index (χ0n) is 7.86. The van der Waals surface area contributed by atoms with Gasteiger partial charge in [0.2, 0.25) is 0 Å². The van der Waals surface area contributed by atoms with E-state index in [0.29, 0.717) is 16.4 Å². The first kappa shape index (κ1) is 11.4. The minimum atomic E-state index is -0.914. The second-order valence-corrected chi connectivity index (χ2v) is 5.60. The molecule has 0 aliphatic rings. The van der Waals surface area contributed by atoms with Crippen molar-refractivity contribution in [1.82, 2.24) is 0 Å². The average molecular weight is 232 g/mol. The van der Waals surface area contributed by atoms with Crippen LogP contribution < -0.4 is 0 Å². The maximum atomic E-state index is 11.4. The molecule has 1 N–H and O–H groups in total. The van der Waals surface area contributed by atoms with Crippen LogP contribution in [0, 0.1) is 0 Å². The van der Waals surface area contributed by atoms with Gasteiger partial charge in [-0.2, -0.15) is 0 Å². The van der Waals surface area contributed by atoms with E-state index in [1.54, 1.807) is 12.1 Å². The molecule has 1 atom stereocenters. The van der Waals surface area contributed by atoms with Crippen LogP contribution in [-0.4, -0.2) is 21.0 Å². The van der Waals surface area contributed by atoms with E-state index in [1.807, 2.05) is 6.92 Å². The van der Waals surface area contributed by atoms with Crippen molar-refractivity contribution in [1.29, 1.82) is 0 Å². The highest BCUT2D eigenvalue weighted by atomic mass is 32.2. The van der Waals surface area contributed by atoms with E-state index in [0.717, 1.165) is 11.3 Å². The SMILES string of the molecule is CCCS(=O)Cc1ccc(C(=O)O)s1. The Morgan fingerprint density at radius 2 is 2.29 bits per heavy atom. The number of rotatable bonds is 5. The van der Waals surface area contributed by atoms with Crippen LogP contribution in [0.1, 0.15) is 27.9 Å². The van der Waals surface area contributed by atoms with Gasteiger partial charge in [-0.3, -0.25) is 4.21 Å². The predicted octanol–water partition coefficient (Wildman–Crippen LogP) is 2.10. The highest BCUT2D eigenvalue weighted by Gasteiger charge is 2.08. The number of hydrogen-bond acceptors (Lipinski definition) is 3. The van der Waals surface area contributed by atoms with E-state index in [4.69, 9.17) is 5.11 Å². The lowest BCUT2D eigenvalue weighted by Crippen LogP contribution is -1.97. The second kappa shape index (κ2) is 5.26. The fourth-order valence-corrected chi connectivity index (χ4v) is 3.31. The zero-order chi connectivity index (χ0) is 10.6. The van der Waals surface area contributed by atoms with Crippen molar-refractivity contribution in [3.63, 3.8) is 0 Å². The molecule has 14 heavy (non-hydrogen) atoms. The average Bonchev–Trinajstić information content (AvgIpc) is 2.53. The van der Waals surface area contributed by atoms with Crippen LogP contribution in [0.3, 0.4) is 0 Å². The van der Waals surface area contributed by atoms with Gasteiger partial charge >= 0.3 is 5.97 Å². The van der Waals surface area contributed by atoms with Gasteiger partial charge in [0.15, 0.2) is 0 Å². The van der Waals surface area contributed by atoms with Crippen molar-refractivity contribution >= 4 is 28.1 Å². The van der Waals surface area contributed by atoms with Gasteiger partial charge in [0.25, 0.3) is 0 Å². The third-order valence-corrected chi connectivity index (χ3v) is 4.36. The number of thiophene rings is 1. The van der Waals surface area contributed by atoms with Gasteiger partial charge in [0.1, 0.15) is 4.88 Å². The molecule has 0 saturated carbocycles. The normalized spacial score (nSPS) is 12.6. The summed E-state index contributed by atoms with van der Waals surface area (Å²) in [5, 5.41) is 8.67. The van der Waals surface area contributed by atoms with Gasteiger partial charge in [-0.05, 0) is 18.6 Å². The molecule has 0 aromatic carbocycles. The Labute approximate surface area is 89.2 Å². The lowest BCUT2D eigenvalue weighted by Gasteiger charge is -1.96. The zero-order valence-corrected chi connectivity index (χ0v) is 9.49. The first-order chi connectivity index (χ1) is 6.63. The maximum absolute atomic E-state index is 11.4. The first-order valence-electron chi connectivity index (χ1n) is 4.30. The van der Waals surface area contributed by atoms with E-state index in [1.165, 1.54) is 11.3 Å². The molecule has 1 aromatic rings. The summed E-state index contributed by atoms with van der Waals surface area (Å²) >= 11 is 1.20. The Morgan fingerprint density at radius 3 is 2.79 bits per heavy atom. The van der Waals surface area contributed by atoms with Crippen LogP contribution in [0.25, 0.3) is 0 Å². The number of carboxylic acids is 1. The van der Waals surface area contributed by atoms with E-state index in [2.05, 4.69) is 0 Å². The van der Waals surface area contributed by atoms with Crippen molar-refractivity contribution < 1.29 is 14.1 Å². The molecule has 0 spiro atoms. The lowest BCUT2D eigenvalue weighted by atomic mass is 10.4. The van der Waals surface area contributed by atoms with E-state index in [9.17, 15) is 9.00 Å². The summed E-state index contributed by atoms with van der Waals surface area (Å²) in [7, 11) is -0.853. The second-order valence-electron chi connectivity index (χ2n) is 2.86. The summed E-state index contributed by atoms with van der Waals surface area (Å²) in [6.45, 7) is 1.98. The molecular weight excluding hydrogens is 220 g/mol. The minimum absolute atomic E-state index is 0.313. The molecule has 1 heterocycles. The Kier molecular flexibility index (Phi) is 4.28. The topological polar surface area (TPSA) is 54.4 Å². The van der Waals surface area contributed by atoms with E-state index >= 15 is 0 Å². The number of carbonyl (C=O) groups is 1. The standard InChI is InChI=1S/C9H12O3S2/c1-2-5-14(12)6-7-3-4-8(13-7)9(10)11/h3-4H,2,5-6H2,1H3,(H,10,11). The number of carboxylic acid groups (broad SMARTS) is 1. The third-order valence-electron chi connectivity index (χ3n) is 1.61. The quantitative estimate of drug-likeness (QED) is 0.846. The minimum Gasteiger partial charge on any atom is -0.477 e. The third kappa shape index (κ3) is 3.23. The molecule has 0 fully saturated rings. The predicted molar refractivity (Wildman–Crippen MR) is 58.3 cm³/mol. The van der Waals surface area contributed by atoms with Crippen molar-refractivity contribution in [3.8, 4) is 0 Å². The first-order valence-corrected chi connectivity index (χ1v) is 6.61. The van der Waals surface area contributed by atoms with Crippen LogP contribution in [-0.2, 0) is 16.6 Å². The molecule has 0 aliphatic heterocycles. The number of hydrogen-bond donors (Lipinski definition) is 1. The molecule has 0 saturated heterocycles. The van der Waals surface area contributed by atoms with Gasteiger partial charge in [-0.25, -0.2) is 4.79 Å². The molecular formula is C9H12O3S2. The van der Waals surface area contributed by atoms with Crippen LogP contribution in [0.5, 0.6) is 0 Å². The highest BCUT2D eigenvalue weighted by Crippen LogP contribution is 2.18. The Hall–Kier alpha value is -0.680. The summed E-state index contributed by atoms with van der Waals surface area (Å²) in [5.41, 5.74) is 0. The molecule has 0 bridgehead atoms. The van der Waals surface area contributed by atoms with Crippen LogP contribution in [0.4, 0.5) is 0 Å². The Bertz CT molecular complexity index is 344. The van der Waals surface area contributed by atoms with E-state index in [-0.39, 0.29) is 0 Å². The molecule has 0 aliphatic carbocycles. The lowest BCUT2D eigenvalue weighted by molar-refractivity contribution is 0.0702. The van der Waals surface area contributed by atoms with Gasteiger partial charge in [-0.15, -0.1) is 11.3 Å². The smallest absolute Gasteiger partial charge is 0.345 e. The summed E-state index contributed by atoms with van der Waals surface area (Å²) in [6, 6.07) is 3.30. The van der Waals surface area contributed by atoms with Gasteiger partial charge in [-0.1, -0.05) is 6.92 Å². The van der Waals surface area contributed by atoms with Gasteiger partial charge < -0.3 is 5.11 Å². The van der Waals surface area contributed by atoms with Gasteiger partial charge in [0.05, 0.1) is 5.75 Å². The summed E-state index contributed by atoms with van der Waals surface area (Å²) in [4.78, 5) is 11.8. The Morgan fingerprint density at radius 1 is 1.57 bits per heavy atom. The monoisotopic (exact) mass is 232 g/mol.